The number of aromatic nitrogens is 5. The summed E-state index contributed by atoms with van der Waals surface area (Å²) >= 11 is 4.85. The Morgan fingerprint density at radius 3 is 0.876 bits per heavy atom. The van der Waals surface area contributed by atoms with Crippen LogP contribution in [0.1, 0.15) is 74.2 Å². The molecule has 0 aliphatic heterocycles. The SMILES string of the molecule is C.CN(C)c1ccc(/C=C/c2ccc(OCCO)nc2)cc1.Cc1ccc(S(=O)(=O)Cl)cc1.Cc1ccc(S(=O)(=O)OCCOc2ccc(/C=C/c3ccc(N(C)C)cc3)cn2)cc1.Nc1ccc(/C=C/c2ccc(OCCO)nc2)cc1.O=[N+]([O-])c1ccc(/C=C/c2ccc(Cl)nc2)cc1.O=[N+]([O-])c1ccc(/C=C/c2ccc(OCCO)nc2)cc1.OCCO.[Cl][Sn][Cl]. The van der Waals surface area contributed by atoms with Crippen molar-refractivity contribution < 1.29 is 75.3 Å². The summed E-state index contributed by atoms with van der Waals surface area (Å²) in [7, 11) is 15.7. The number of hydrogen-bond donors (Lipinski definition) is 6. The van der Waals surface area contributed by atoms with E-state index in [0.29, 0.717) is 28.7 Å². The number of aliphatic hydroxyl groups excluding tert-OH is 5. The van der Waals surface area contributed by atoms with Crippen LogP contribution in [0.25, 0.3) is 60.8 Å². The Labute approximate surface area is 779 Å². The quantitative estimate of drug-likeness (QED) is 0.00343. The molecule has 0 spiro atoms. The van der Waals surface area contributed by atoms with E-state index in [4.69, 9.17) is 94.5 Å². The Bertz CT molecular complexity index is 5600. The van der Waals surface area contributed by atoms with E-state index in [2.05, 4.69) is 83.3 Å². The molecule has 0 bridgehead atoms. The molecule has 0 saturated heterocycles. The van der Waals surface area contributed by atoms with Crippen LogP contribution in [0.15, 0.2) is 271 Å². The third-order valence-electron chi connectivity index (χ3n) is 16.4. The van der Waals surface area contributed by atoms with Gasteiger partial charge in [0, 0.05) is 135 Å². The van der Waals surface area contributed by atoms with Gasteiger partial charge in [0.05, 0.1) is 52.7 Å². The van der Waals surface area contributed by atoms with Crippen molar-refractivity contribution in [3.8, 4) is 23.5 Å². The van der Waals surface area contributed by atoms with Crippen LogP contribution in [-0.4, -0.2) is 190 Å². The molecule has 0 saturated carbocycles. The molecule has 12 aromatic rings. The van der Waals surface area contributed by atoms with E-state index < -0.39 is 47.9 Å². The third kappa shape index (κ3) is 45.5. The van der Waals surface area contributed by atoms with Crippen molar-refractivity contribution in [3.05, 3.63) is 354 Å². The van der Waals surface area contributed by atoms with Crippen LogP contribution in [0.3, 0.4) is 0 Å². The van der Waals surface area contributed by atoms with Crippen molar-refractivity contribution in [1.82, 2.24) is 24.9 Å². The maximum absolute atomic E-state index is 12.1. The molecule has 0 amide bonds. The summed E-state index contributed by atoms with van der Waals surface area (Å²) in [5, 5.41) is 62.7. The second-order valence-corrected chi connectivity index (χ2v) is 35.4. The Balaban J connectivity index is 0.000000325. The fourth-order valence-corrected chi connectivity index (χ4v) is 11.5. The average molecular weight is 1980 g/mol. The zero-order valence-corrected chi connectivity index (χ0v) is 78.2. The topological polar surface area (TPSA) is 399 Å². The van der Waals surface area contributed by atoms with Crippen LogP contribution in [0.2, 0.25) is 5.15 Å². The maximum atomic E-state index is 12.1. The molecule has 2 radical (unpaired) electrons. The Kier molecular flexibility index (Phi) is 52.1. The molecule has 35 heteroatoms. The molecular weight excluding hydrogens is 1880 g/mol. The molecule has 0 unspecified atom stereocenters. The number of aliphatic hydroxyl groups is 5. The van der Waals surface area contributed by atoms with Crippen molar-refractivity contribution in [2.24, 2.45) is 0 Å². The zero-order chi connectivity index (χ0) is 93.5. The minimum atomic E-state index is -3.79. The average Bonchev–Trinajstić information content (AvgIpc) is 0.849. The van der Waals surface area contributed by atoms with E-state index in [1.54, 1.807) is 110 Å². The number of aryl methyl sites for hydroxylation is 2. The number of nitro groups is 2. The van der Waals surface area contributed by atoms with E-state index in [-0.39, 0.29) is 94.7 Å². The number of nitro benzene ring substituents is 2. The van der Waals surface area contributed by atoms with Gasteiger partial charge < -0.3 is 60.0 Å². The van der Waals surface area contributed by atoms with Crippen LogP contribution >= 0.6 is 40.1 Å². The summed E-state index contributed by atoms with van der Waals surface area (Å²) in [5.41, 5.74) is 20.6. The summed E-state index contributed by atoms with van der Waals surface area (Å²) in [6.07, 6.45) is 27.9. The number of benzene rings is 7. The molecule has 7 N–H and O–H groups in total. The van der Waals surface area contributed by atoms with Crippen LogP contribution < -0.4 is 34.5 Å². The summed E-state index contributed by atoms with van der Waals surface area (Å²) in [5.74, 6) is 1.90. The Morgan fingerprint density at radius 1 is 0.372 bits per heavy atom. The van der Waals surface area contributed by atoms with Crippen molar-refractivity contribution in [2.45, 2.75) is 31.1 Å². The van der Waals surface area contributed by atoms with Gasteiger partial charge in [-0.3, -0.25) is 24.4 Å². The van der Waals surface area contributed by atoms with Gasteiger partial charge in [0.2, 0.25) is 23.5 Å². The number of nitrogen functional groups attached to an aromatic ring is 1. The van der Waals surface area contributed by atoms with Crippen LogP contribution in [-0.2, 0) is 23.4 Å². The second-order valence-electron chi connectivity index (χ2n) is 26.6. The molecule has 0 fully saturated rings. The van der Waals surface area contributed by atoms with Gasteiger partial charge in [-0.25, -0.2) is 33.3 Å². The summed E-state index contributed by atoms with van der Waals surface area (Å²) in [6, 6.07) is 67.9. The molecule has 12 rings (SSSR count). The van der Waals surface area contributed by atoms with Gasteiger partial charge in [-0.15, -0.1) is 0 Å². The van der Waals surface area contributed by atoms with Crippen molar-refractivity contribution in [1.29, 1.82) is 0 Å². The standard InChI is InChI=1S/C24H26N2O4S.C17H20N2O2.C15H14N2O4.C15H16N2O2.C13H9ClN2O2.C7H7ClO2S.C2H6O2.CH4.2ClH.Sn/c1-19-4-13-23(14-5-19)31(27,28)30-17-16-29-24-15-10-21(18-25-24)7-6-20-8-11-22(12-9-20)26(2)3;1-19(2)16-8-5-14(6-9-16)3-4-15-7-10-17(18-13-15)21-12-11-20;18-9-10-21-15-8-5-13(11-16-15)2-1-12-3-6-14(7-4-12)17(19)20;16-14-6-3-12(4-7-14)1-2-13-5-8-15(17-11-13)19-10-9-18;14-13-8-5-11(9-15-13)2-1-10-3-6-12(7-4-10)16(17)18;1-6-2-4-7(5-3-6)11(8,9)10;3-1-2-4;;;;/h4-15,18H,16-17H2,1-3H3;3-10,13,20H,11-12H2,1-2H3;1-8,11,18H,9-10H2;1-8,11,18H,9-10,16H2;1-9H;2-5H,1H3;3-4H,1-2H2;1H4;2*1H;/q;;;;;;;;;;+2/p-2/b7-6+;4-3+;3*2-1+;;;;;;. The monoisotopic (exact) mass is 1980 g/mol. The van der Waals surface area contributed by atoms with Gasteiger partial charge in [0.1, 0.15) is 38.2 Å². The number of anilines is 3. The fourth-order valence-electron chi connectivity index (χ4n) is 9.75. The van der Waals surface area contributed by atoms with Gasteiger partial charge in [-0.05, 0) is 185 Å². The first-order valence-corrected chi connectivity index (χ1v) is 50.0. The van der Waals surface area contributed by atoms with Crippen LogP contribution in [0, 0.1) is 34.1 Å². The van der Waals surface area contributed by atoms with Gasteiger partial charge in [-0.2, -0.15) is 8.42 Å². The molecule has 7 aromatic carbocycles. The van der Waals surface area contributed by atoms with Crippen LogP contribution in [0.4, 0.5) is 28.4 Å². The van der Waals surface area contributed by atoms with Crippen molar-refractivity contribution in [2.75, 3.05) is 110 Å². The van der Waals surface area contributed by atoms with E-state index >= 15 is 0 Å². The first-order chi connectivity index (χ1) is 61.5. The first-order valence-electron chi connectivity index (χ1n) is 38.7. The summed E-state index contributed by atoms with van der Waals surface area (Å²) < 4.78 is 71.8. The number of hydrogen-bond acceptors (Lipinski definition) is 26. The molecule has 680 valence electrons. The molecule has 5 heterocycles. The number of ether oxygens (including phenoxy) is 4. The molecule has 0 aliphatic carbocycles. The second kappa shape index (κ2) is 61.5. The number of non-ortho nitro benzene ring substituents is 2. The predicted octanol–water partition coefficient (Wildman–Crippen LogP) is 18.2. The van der Waals surface area contributed by atoms with E-state index in [9.17, 15) is 37.1 Å². The van der Waals surface area contributed by atoms with E-state index in [0.717, 1.165) is 78.1 Å². The molecule has 28 nitrogen and oxygen atoms in total. The summed E-state index contributed by atoms with van der Waals surface area (Å²) in [4.78, 5) is 45.2. The Hall–Kier alpha value is -12.0. The van der Waals surface area contributed by atoms with Gasteiger partial charge >= 0.3 is 36.7 Å². The number of nitrogens with two attached hydrogens (primary N) is 1. The van der Waals surface area contributed by atoms with Gasteiger partial charge in [-0.1, -0.05) is 158 Å². The summed E-state index contributed by atoms with van der Waals surface area (Å²) in [6.45, 7) is 4.16. The predicted molar refractivity (Wildman–Crippen MR) is 520 cm³/mol. The van der Waals surface area contributed by atoms with Gasteiger partial charge in [0.25, 0.3) is 30.5 Å². The van der Waals surface area contributed by atoms with Gasteiger partial charge in [0.15, 0.2) is 0 Å². The molecule has 129 heavy (non-hydrogen) atoms. The Morgan fingerprint density at radius 2 is 0.628 bits per heavy atom. The number of halogens is 4. The number of pyridine rings is 5. The minimum absolute atomic E-state index is 0. The zero-order valence-electron chi connectivity index (χ0n) is 70.6. The van der Waals surface area contributed by atoms with E-state index in [1.807, 2.05) is 157 Å². The molecule has 0 atom stereocenters. The third-order valence-corrected chi connectivity index (χ3v) is 19.3. The fraction of sp³-hybridized carbons (Fsp3) is 0.181. The van der Waals surface area contributed by atoms with Crippen molar-refractivity contribution >= 4 is 167 Å². The normalized spacial score (nSPS) is 10.7. The van der Waals surface area contributed by atoms with Crippen molar-refractivity contribution in [3.63, 3.8) is 0 Å². The molecule has 5 aromatic heterocycles. The number of nitrogens with zero attached hydrogens (tertiary/aromatic N) is 9. The van der Waals surface area contributed by atoms with Crippen LogP contribution in [0.5, 0.6) is 23.5 Å². The van der Waals surface area contributed by atoms with E-state index in [1.165, 1.54) is 54.2 Å². The molecule has 0 aliphatic rings. The first kappa shape index (κ1) is 109. The molecular formula is C94H102Cl4N10O18S2Sn. The number of rotatable bonds is 31.